The van der Waals surface area contributed by atoms with E-state index in [0.717, 1.165) is 0 Å². The normalized spacial score (nSPS) is 53.7. The minimum atomic E-state index is -1.79. The zero-order valence-electron chi connectivity index (χ0n) is 17.7. The largest absolute Gasteiger partial charge is 0.394 e. The van der Waals surface area contributed by atoms with Crippen molar-refractivity contribution in [3.05, 3.63) is 0 Å². The number of hydrogen-bond donors (Lipinski definition) is 10. The highest BCUT2D eigenvalue weighted by molar-refractivity contribution is 4.97. The zero-order valence-corrected chi connectivity index (χ0v) is 17.7. The number of ether oxygens (including phenoxy) is 5. The highest BCUT2D eigenvalue weighted by atomic mass is 16.7. The Hall–Kier alpha value is -0.600. The fourth-order valence-electron chi connectivity index (χ4n) is 4.04. The summed E-state index contributed by atoms with van der Waals surface area (Å²) in [5, 5.41) is 89.7. The van der Waals surface area contributed by atoms with E-state index in [1.807, 2.05) is 0 Å². The van der Waals surface area contributed by atoms with Crippen LogP contribution in [0.3, 0.4) is 0 Å². The van der Waals surface area contributed by atoms with E-state index in [2.05, 4.69) is 0 Å². The second-order valence-electron chi connectivity index (χ2n) is 8.41. The van der Waals surface area contributed by atoms with Crippen molar-refractivity contribution >= 4 is 0 Å². The van der Waals surface area contributed by atoms with Gasteiger partial charge in [-0.2, -0.15) is 0 Å². The molecule has 33 heavy (non-hydrogen) atoms. The second kappa shape index (κ2) is 11.0. The van der Waals surface area contributed by atoms with Gasteiger partial charge in [0.15, 0.2) is 18.9 Å². The molecule has 15 heteroatoms. The van der Waals surface area contributed by atoms with Crippen LogP contribution in [0.25, 0.3) is 0 Å². The van der Waals surface area contributed by atoms with Crippen molar-refractivity contribution in [2.75, 3.05) is 13.2 Å². The minimum absolute atomic E-state index is 0.716. The molecule has 0 amide bonds. The van der Waals surface area contributed by atoms with Crippen LogP contribution in [0, 0.1) is 0 Å². The van der Waals surface area contributed by atoms with Gasteiger partial charge in [-0.3, -0.25) is 0 Å². The van der Waals surface area contributed by atoms with Crippen LogP contribution in [0.15, 0.2) is 0 Å². The standard InChI is InChI=1S/C18H33NO14/c1-4-8(22)10(24)12(26)17(29-4)32-14-6(3-21)30-16(28)7(19)15(14)33-18-13(27)11(25)9(23)5(2-20)31-18/h4-18,20-28H,2-3,19H2,1H3/t4-,5+,6+,7-,8+,9-,10+,11-,12-,13+,14+,15+,16?,17-,18-/m0/s1. The zero-order chi connectivity index (χ0) is 24.6. The number of aliphatic hydroxyl groups excluding tert-OH is 9. The van der Waals surface area contributed by atoms with E-state index in [-0.39, 0.29) is 0 Å². The monoisotopic (exact) mass is 487 g/mol. The van der Waals surface area contributed by atoms with Crippen LogP contribution in [0.4, 0.5) is 0 Å². The topological polar surface area (TPSA) is 254 Å². The molecular weight excluding hydrogens is 454 g/mol. The molecule has 0 aliphatic carbocycles. The fraction of sp³-hybridized carbons (Fsp3) is 1.00. The molecule has 3 aliphatic rings. The third-order valence-corrected chi connectivity index (χ3v) is 6.13. The Morgan fingerprint density at radius 2 is 1.15 bits per heavy atom. The number of hydrogen-bond acceptors (Lipinski definition) is 15. The van der Waals surface area contributed by atoms with Gasteiger partial charge in [0.2, 0.25) is 0 Å². The second-order valence-corrected chi connectivity index (χ2v) is 8.41. The van der Waals surface area contributed by atoms with E-state index in [4.69, 9.17) is 29.4 Å². The SMILES string of the molecule is C[C@@H]1O[C@@H](O[C@H]2[C@H](O[C@@H]3O[C@H](CO)[C@H](O)[C@H](O)[C@H]3O)[C@H](N)C(O)O[C@@H]2CO)[C@@H](O)[C@H](O)[C@@H]1O. The van der Waals surface area contributed by atoms with Crippen molar-refractivity contribution in [1.82, 2.24) is 0 Å². The fourth-order valence-corrected chi connectivity index (χ4v) is 4.04. The van der Waals surface area contributed by atoms with Crippen LogP contribution in [-0.2, 0) is 23.7 Å². The van der Waals surface area contributed by atoms with Gasteiger partial charge in [-0.05, 0) is 6.92 Å². The molecule has 3 aliphatic heterocycles. The lowest BCUT2D eigenvalue weighted by molar-refractivity contribution is -0.369. The Morgan fingerprint density at radius 3 is 1.73 bits per heavy atom. The molecule has 0 radical (unpaired) electrons. The Kier molecular flexibility index (Phi) is 8.99. The Bertz CT molecular complexity index is 629. The first-order chi connectivity index (χ1) is 15.5. The van der Waals surface area contributed by atoms with Crippen LogP contribution in [0.2, 0.25) is 0 Å². The number of rotatable bonds is 6. The summed E-state index contributed by atoms with van der Waals surface area (Å²) >= 11 is 0. The predicted molar refractivity (Wildman–Crippen MR) is 102 cm³/mol. The maximum atomic E-state index is 10.3. The average Bonchev–Trinajstić information content (AvgIpc) is 2.80. The van der Waals surface area contributed by atoms with Crippen molar-refractivity contribution in [3.8, 4) is 0 Å². The molecule has 0 aromatic heterocycles. The van der Waals surface area contributed by atoms with Crippen LogP contribution in [-0.4, -0.2) is 151 Å². The summed E-state index contributed by atoms with van der Waals surface area (Å²) in [4.78, 5) is 0. The summed E-state index contributed by atoms with van der Waals surface area (Å²) < 4.78 is 27.3. The van der Waals surface area contributed by atoms with E-state index >= 15 is 0 Å². The molecule has 15 atom stereocenters. The molecule has 0 aromatic rings. The smallest absolute Gasteiger partial charge is 0.187 e. The summed E-state index contributed by atoms with van der Waals surface area (Å²) in [6, 6.07) is -1.36. The first-order valence-corrected chi connectivity index (χ1v) is 10.5. The molecule has 1 unspecified atom stereocenters. The molecule has 15 nitrogen and oxygen atoms in total. The van der Waals surface area contributed by atoms with Crippen molar-refractivity contribution < 1.29 is 69.6 Å². The molecule has 0 bridgehead atoms. The van der Waals surface area contributed by atoms with Gasteiger partial charge in [-0.25, -0.2) is 0 Å². The highest BCUT2D eigenvalue weighted by Gasteiger charge is 2.53. The quantitative estimate of drug-likeness (QED) is 0.167. The van der Waals surface area contributed by atoms with Crippen LogP contribution in [0.5, 0.6) is 0 Å². The van der Waals surface area contributed by atoms with Gasteiger partial charge in [0.1, 0.15) is 61.0 Å². The summed E-state index contributed by atoms with van der Waals surface area (Å²) in [6.07, 6.45) is -21.1. The van der Waals surface area contributed by atoms with Gasteiger partial charge in [0, 0.05) is 0 Å². The third-order valence-electron chi connectivity index (χ3n) is 6.13. The van der Waals surface area contributed by atoms with Crippen molar-refractivity contribution in [2.45, 2.75) is 99.0 Å². The van der Waals surface area contributed by atoms with E-state index in [1.54, 1.807) is 0 Å². The molecule has 0 aromatic carbocycles. The summed E-state index contributed by atoms with van der Waals surface area (Å²) in [7, 11) is 0. The van der Waals surface area contributed by atoms with Crippen molar-refractivity contribution in [3.63, 3.8) is 0 Å². The lowest BCUT2D eigenvalue weighted by Gasteiger charge is -2.48. The third kappa shape index (κ3) is 5.32. The van der Waals surface area contributed by atoms with Gasteiger partial charge in [0.05, 0.1) is 25.4 Å². The molecule has 3 heterocycles. The molecule has 194 valence electrons. The van der Waals surface area contributed by atoms with E-state index in [9.17, 15) is 46.0 Å². The average molecular weight is 487 g/mol. The van der Waals surface area contributed by atoms with E-state index in [0.29, 0.717) is 0 Å². The molecule has 3 saturated heterocycles. The molecule has 0 spiro atoms. The van der Waals surface area contributed by atoms with Gasteiger partial charge in [-0.1, -0.05) is 0 Å². The van der Waals surface area contributed by atoms with Gasteiger partial charge < -0.3 is 75.4 Å². The van der Waals surface area contributed by atoms with Crippen LogP contribution >= 0.6 is 0 Å². The Balaban J connectivity index is 1.83. The number of aliphatic hydroxyl groups is 9. The Morgan fingerprint density at radius 1 is 0.636 bits per heavy atom. The molecule has 0 saturated carbocycles. The number of nitrogens with two attached hydrogens (primary N) is 1. The van der Waals surface area contributed by atoms with Crippen LogP contribution < -0.4 is 5.73 Å². The maximum absolute atomic E-state index is 10.3. The lowest BCUT2D eigenvalue weighted by Crippen LogP contribution is -2.68. The highest BCUT2D eigenvalue weighted by Crippen LogP contribution is 2.32. The maximum Gasteiger partial charge on any atom is 0.187 e. The molecular formula is C18H33NO14. The first kappa shape index (κ1) is 27.0. The molecule has 3 rings (SSSR count). The predicted octanol–water partition coefficient (Wildman–Crippen LogP) is -6.58. The van der Waals surface area contributed by atoms with Crippen LogP contribution in [0.1, 0.15) is 6.92 Å². The minimum Gasteiger partial charge on any atom is -0.394 e. The molecule has 3 fully saturated rings. The van der Waals surface area contributed by atoms with Crippen molar-refractivity contribution in [1.29, 1.82) is 0 Å². The van der Waals surface area contributed by atoms with Gasteiger partial charge >= 0.3 is 0 Å². The summed E-state index contributed by atoms with van der Waals surface area (Å²) in [5.74, 6) is 0. The summed E-state index contributed by atoms with van der Waals surface area (Å²) in [6.45, 7) is -0.00630. The van der Waals surface area contributed by atoms with E-state index < -0.39 is 105 Å². The first-order valence-electron chi connectivity index (χ1n) is 10.5. The van der Waals surface area contributed by atoms with Crippen molar-refractivity contribution in [2.24, 2.45) is 5.73 Å². The summed E-state index contributed by atoms with van der Waals surface area (Å²) in [5.41, 5.74) is 5.99. The van der Waals surface area contributed by atoms with Gasteiger partial charge in [0.25, 0.3) is 0 Å². The molecule has 11 N–H and O–H groups in total. The Labute approximate surface area is 188 Å². The van der Waals surface area contributed by atoms with E-state index in [1.165, 1.54) is 6.92 Å². The van der Waals surface area contributed by atoms with Gasteiger partial charge in [-0.15, -0.1) is 0 Å². The lowest BCUT2D eigenvalue weighted by atomic mass is 9.95.